The van der Waals surface area contributed by atoms with Gasteiger partial charge in [0.15, 0.2) is 0 Å². The molecular formula is C7H6ClF3N2. The second kappa shape index (κ2) is 2.99. The molecule has 0 heterocycles. The Labute approximate surface area is 77.3 Å². The molecule has 0 amide bonds. The summed E-state index contributed by atoms with van der Waals surface area (Å²) in [6, 6.07) is 1.71. The second-order valence-corrected chi connectivity index (χ2v) is 2.87. The predicted octanol–water partition coefficient (Wildman–Crippen LogP) is 2.52. The van der Waals surface area contributed by atoms with Gasteiger partial charge in [0.25, 0.3) is 0 Å². The molecule has 0 aliphatic rings. The van der Waals surface area contributed by atoms with Crippen molar-refractivity contribution in [3.05, 3.63) is 22.7 Å². The molecule has 13 heavy (non-hydrogen) atoms. The van der Waals surface area contributed by atoms with Crippen LogP contribution in [0.2, 0.25) is 5.02 Å². The highest BCUT2D eigenvalue weighted by molar-refractivity contribution is 6.33. The van der Waals surface area contributed by atoms with Gasteiger partial charge in [-0.3, -0.25) is 0 Å². The Morgan fingerprint density at radius 2 is 1.62 bits per heavy atom. The quantitative estimate of drug-likeness (QED) is 0.647. The van der Waals surface area contributed by atoms with E-state index in [1.54, 1.807) is 0 Å². The first kappa shape index (κ1) is 9.98. The van der Waals surface area contributed by atoms with Gasteiger partial charge in [-0.15, -0.1) is 0 Å². The molecule has 0 saturated heterocycles. The number of hydrogen-bond donors (Lipinski definition) is 2. The number of rotatable bonds is 0. The molecule has 4 N–H and O–H groups in total. The van der Waals surface area contributed by atoms with Crippen LogP contribution >= 0.6 is 11.6 Å². The van der Waals surface area contributed by atoms with E-state index < -0.39 is 17.4 Å². The molecule has 0 atom stereocenters. The fourth-order valence-electron chi connectivity index (χ4n) is 0.851. The van der Waals surface area contributed by atoms with E-state index in [1.165, 1.54) is 0 Å². The first-order chi connectivity index (χ1) is 5.82. The highest BCUT2D eigenvalue weighted by Crippen LogP contribution is 2.37. The standard InChI is InChI=1S/C7H6ClF3N2/c8-4-2-5(12)3(1-6(4)13)7(9,10)11/h1-2H,12-13H2. The van der Waals surface area contributed by atoms with Crippen molar-refractivity contribution in [3.63, 3.8) is 0 Å². The molecule has 0 saturated carbocycles. The van der Waals surface area contributed by atoms with Crippen LogP contribution in [0.15, 0.2) is 12.1 Å². The minimum absolute atomic E-state index is 0.0190. The molecule has 1 aromatic carbocycles. The maximum atomic E-state index is 12.2. The van der Waals surface area contributed by atoms with Crippen molar-refractivity contribution in [1.82, 2.24) is 0 Å². The van der Waals surface area contributed by atoms with E-state index in [9.17, 15) is 13.2 Å². The smallest absolute Gasteiger partial charge is 0.398 e. The summed E-state index contributed by atoms with van der Waals surface area (Å²) >= 11 is 5.46. The number of hydrogen-bond acceptors (Lipinski definition) is 2. The minimum atomic E-state index is -4.50. The van der Waals surface area contributed by atoms with Crippen molar-refractivity contribution in [2.45, 2.75) is 6.18 Å². The molecule has 0 aliphatic heterocycles. The SMILES string of the molecule is Nc1cc(C(F)(F)F)c(N)cc1Cl. The van der Waals surface area contributed by atoms with Crippen LogP contribution in [0.3, 0.4) is 0 Å². The molecule has 0 aromatic heterocycles. The summed E-state index contributed by atoms with van der Waals surface area (Å²) in [6.07, 6.45) is -4.50. The summed E-state index contributed by atoms with van der Waals surface area (Å²) in [4.78, 5) is 0. The lowest BCUT2D eigenvalue weighted by atomic mass is 10.1. The highest BCUT2D eigenvalue weighted by atomic mass is 35.5. The molecule has 0 unspecified atom stereocenters. The number of nitrogen functional groups attached to an aromatic ring is 2. The first-order valence-corrected chi connectivity index (χ1v) is 3.62. The lowest BCUT2D eigenvalue weighted by Gasteiger charge is -2.11. The van der Waals surface area contributed by atoms with E-state index in [0.717, 1.165) is 12.1 Å². The lowest BCUT2D eigenvalue weighted by molar-refractivity contribution is -0.136. The molecule has 2 nitrogen and oxygen atoms in total. The van der Waals surface area contributed by atoms with Gasteiger partial charge in [-0.25, -0.2) is 0 Å². The van der Waals surface area contributed by atoms with Gasteiger partial charge in [0.2, 0.25) is 0 Å². The molecular weight excluding hydrogens is 205 g/mol. The van der Waals surface area contributed by atoms with Crippen LogP contribution in [0.25, 0.3) is 0 Å². The number of halogens is 4. The van der Waals surface area contributed by atoms with Gasteiger partial charge in [0, 0.05) is 5.69 Å². The topological polar surface area (TPSA) is 52.0 Å². The normalized spacial score (nSPS) is 11.7. The van der Waals surface area contributed by atoms with Crippen LogP contribution in [0.4, 0.5) is 24.5 Å². The Hall–Kier alpha value is -1.10. The molecule has 1 aromatic rings. The molecule has 0 aliphatic carbocycles. The van der Waals surface area contributed by atoms with E-state index in [1.807, 2.05) is 0 Å². The molecule has 0 bridgehead atoms. The third-order valence-corrected chi connectivity index (χ3v) is 1.80. The van der Waals surface area contributed by atoms with Gasteiger partial charge >= 0.3 is 6.18 Å². The van der Waals surface area contributed by atoms with Crippen molar-refractivity contribution in [3.8, 4) is 0 Å². The van der Waals surface area contributed by atoms with Crippen LogP contribution in [-0.2, 0) is 6.18 Å². The van der Waals surface area contributed by atoms with E-state index in [4.69, 9.17) is 23.1 Å². The average molecular weight is 211 g/mol. The van der Waals surface area contributed by atoms with Crippen molar-refractivity contribution in [1.29, 1.82) is 0 Å². The molecule has 0 spiro atoms. The van der Waals surface area contributed by atoms with Crippen LogP contribution in [0.5, 0.6) is 0 Å². The zero-order valence-corrected chi connectivity index (χ0v) is 7.08. The van der Waals surface area contributed by atoms with Gasteiger partial charge in [0.05, 0.1) is 16.3 Å². The molecule has 0 fully saturated rings. The molecule has 72 valence electrons. The summed E-state index contributed by atoms with van der Waals surface area (Å²) < 4.78 is 36.5. The molecule has 0 radical (unpaired) electrons. The van der Waals surface area contributed by atoms with Gasteiger partial charge in [-0.05, 0) is 12.1 Å². The fourth-order valence-corrected chi connectivity index (χ4v) is 1.02. The Kier molecular flexibility index (Phi) is 2.30. The Bertz CT molecular complexity index is 335. The summed E-state index contributed by atoms with van der Waals surface area (Å²) in [6.45, 7) is 0. The predicted molar refractivity (Wildman–Crippen MR) is 45.3 cm³/mol. The van der Waals surface area contributed by atoms with Gasteiger partial charge < -0.3 is 11.5 Å². The van der Waals surface area contributed by atoms with Crippen molar-refractivity contribution < 1.29 is 13.2 Å². The van der Waals surface area contributed by atoms with E-state index >= 15 is 0 Å². The highest BCUT2D eigenvalue weighted by Gasteiger charge is 2.33. The Balaban J connectivity index is 3.32. The molecule has 1 rings (SSSR count). The number of alkyl halides is 3. The minimum Gasteiger partial charge on any atom is -0.398 e. The van der Waals surface area contributed by atoms with Crippen molar-refractivity contribution in [2.24, 2.45) is 0 Å². The summed E-state index contributed by atoms with van der Waals surface area (Å²) in [5.74, 6) is 0. The van der Waals surface area contributed by atoms with Crippen LogP contribution in [0, 0.1) is 0 Å². The first-order valence-electron chi connectivity index (χ1n) is 3.24. The van der Waals surface area contributed by atoms with Gasteiger partial charge in [0.1, 0.15) is 0 Å². The zero-order valence-electron chi connectivity index (χ0n) is 6.32. The van der Waals surface area contributed by atoms with E-state index in [-0.39, 0.29) is 10.7 Å². The maximum Gasteiger partial charge on any atom is 0.418 e. The van der Waals surface area contributed by atoms with Crippen LogP contribution < -0.4 is 11.5 Å². The monoisotopic (exact) mass is 210 g/mol. The van der Waals surface area contributed by atoms with Crippen molar-refractivity contribution in [2.75, 3.05) is 11.5 Å². The summed E-state index contributed by atoms with van der Waals surface area (Å²) in [5, 5.41) is 0.0190. The van der Waals surface area contributed by atoms with Crippen LogP contribution in [0.1, 0.15) is 5.56 Å². The van der Waals surface area contributed by atoms with Gasteiger partial charge in [-0.1, -0.05) is 11.6 Å². The largest absolute Gasteiger partial charge is 0.418 e. The summed E-state index contributed by atoms with van der Waals surface area (Å²) in [5.41, 5.74) is 8.79. The third-order valence-electron chi connectivity index (χ3n) is 1.47. The van der Waals surface area contributed by atoms with Crippen molar-refractivity contribution >= 4 is 23.0 Å². The Morgan fingerprint density at radius 3 is 2.08 bits per heavy atom. The lowest BCUT2D eigenvalue weighted by Crippen LogP contribution is -2.09. The fraction of sp³-hybridized carbons (Fsp3) is 0.143. The zero-order chi connectivity index (χ0) is 10.2. The Morgan fingerprint density at radius 1 is 1.08 bits per heavy atom. The number of benzene rings is 1. The van der Waals surface area contributed by atoms with E-state index in [2.05, 4.69) is 0 Å². The van der Waals surface area contributed by atoms with Crippen LogP contribution in [-0.4, -0.2) is 0 Å². The van der Waals surface area contributed by atoms with Gasteiger partial charge in [-0.2, -0.15) is 13.2 Å². The van der Waals surface area contributed by atoms with E-state index in [0.29, 0.717) is 0 Å². The number of anilines is 2. The maximum absolute atomic E-state index is 12.2. The second-order valence-electron chi connectivity index (χ2n) is 2.46. The number of nitrogens with two attached hydrogens (primary N) is 2. The summed E-state index contributed by atoms with van der Waals surface area (Å²) in [7, 11) is 0. The third kappa shape index (κ3) is 1.98. The average Bonchev–Trinajstić information content (AvgIpc) is 1.94. The molecule has 6 heteroatoms.